The highest BCUT2D eigenvalue weighted by Crippen LogP contribution is 2.20. The fourth-order valence-corrected chi connectivity index (χ4v) is 2.00. The van der Waals surface area contributed by atoms with E-state index < -0.39 is 11.9 Å². The van der Waals surface area contributed by atoms with E-state index in [4.69, 9.17) is 16.7 Å². The molecule has 0 fully saturated rings. The van der Waals surface area contributed by atoms with Gasteiger partial charge in [0.2, 0.25) is 0 Å². The molecular formula is C14H12ClN3O3. The van der Waals surface area contributed by atoms with E-state index in [0.717, 1.165) is 0 Å². The summed E-state index contributed by atoms with van der Waals surface area (Å²) in [5.41, 5.74) is 1.78. The first-order chi connectivity index (χ1) is 9.86. The number of halogens is 1. The minimum atomic E-state index is -1.12. The summed E-state index contributed by atoms with van der Waals surface area (Å²) in [6.07, 6.45) is 0. The number of benzene rings is 1. The third kappa shape index (κ3) is 3.55. The summed E-state index contributed by atoms with van der Waals surface area (Å²) in [6, 6.07) is 5.73. The Labute approximate surface area is 125 Å². The number of aromatic nitrogens is 2. The Morgan fingerprint density at radius 1 is 1.14 bits per heavy atom. The maximum atomic E-state index is 12.2. The van der Waals surface area contributed by atoms with Gasteiger partial charge in [-0.15, -0.1) is 0 Å². The number of carbonyl (C=O) groups is 2. The van der Waals surface area contributed by atoms with Gasteiger partial charge in [0.05, 0.1) is 22.5 Å². The number of aryl methyl sites for hydroxylation is 2. The van der Waals surface area contributed by atoms with Crippen LogP contribution in [-0.4, -0.2) is 27.2 Å². The van der Waals surface area contributed by atoms with Crippen LogP contribution in [0.5, 0.6) is 0 Å². The van der Waals surface area contributed by atoms with Crippen molar-refractivity contribution in [1.29, 1.82) is 0 Å². The van der Waals surface area contributed by atoms with Crippen molar-refractivity contribution < 1.29 is 14.7 Å². The van der Waals surface area contributed by atoms with Gasteiger partial charge in [0.15, 0.2) is 0 Å². The Morgan fingerprint density at radius 3 is 2.52 bits per heavy atom. The molecule has 21 heavy (non-hydrogen) atoms. The number of carbonyl (C=O) groups excluding carboxylic acids is 1. The minimum Gasteiger partial charge on any atom is -0.478 e. The summed E-state index contributed by atoms with van der Waals surface area (Å²) in [6.45, 7) is 3.40. The van der Waals surface area contributed by atoms with E-state index in [0.29, 0.717) is 22.6 Å². The van der Waals surface area contributed by atoms with E-state index in [1.807, 2.05) is 0 Å². The second-order valence-electron chi connectivity index (χ2n) is 4.47. The lowest BCUT2D eigenvalue weighted by Crippen LogP contribution is -2.15. The summed E-state index contributed by atoms with van der Waals surface area (Å²) < 4.78 is 0. The van der Waals surface area contributed by atoms with Gasteiger partial charge in [0.1, 0.15) is 0 Å². The molecule has 0 radical (unpaired) electrons. The molecule has 2 aromatic rings. The molecule has 0 saturated heterocycles. The van der Waals surface area contributed by atoms with Crippen LogP contribution >= 0.6 is 11.6 Å². The molecule has 7 heteroatoms. The fourth-order valence-electron chi connectivity index (χ4n) is 1.76. The predicted octanol–water partition coefficient (Wildman–Crippen LogP) is 2.70. The highest BCUT2D eigenvalue weighted by atomic mass is 35.5. The molecule has 0 bridgehead atoms. The van der Waals surface area contributed by atoms with E-state index in [1.165, 1.54) is 18.2 Å². The van der Waals surface area contributed by atoms with Gasteiger partial charge in [0.25, 0.3) is 5.91 Å². The van der Waals surface area contributed by atoms with Gasteiger partial charge in [-0.1, -0.05) is 11.6 Å². The van der Waals surface area contributed by atoms with Crippen LogP contribution in [0.25, 0.3) is 0 Å². The quantitative estimate of drug-likeness (QED) is 0.909. The van der Waals surface area contributed by atoms with E-state index in [9.17, 15) is 9.59 Å². The first-order valence-corrected chi connectivity index (χ1v) is 6.41. The van der Waals surface area contributed by atoms with Crippen molar-refractivity contribution in [3.05, 3.63) is 51.8 Å². The highest BCUT2D eigenvalue weighted by molar-refractivity contribution is 6.31. The molecule has 1 aromatic carbocycles. The smallest absolute Gasteiger partial charge is 0.335 e. The van der Waals surface area contributed by atoms with Crippen LogP contribution in [0.4, 0.5) is 5.69 Å². The maximum absolute atomic E-state index is 12.2. The Kier molecular flexibility index (Phi) is 4.18. The number of hydrogen-bond acceptors (Lipinski definition) is 4. The number of carboxylic acids is 1. The Hall–Kier alpha value is -2.47. The van der Waals surface area contributed by atoms with Crippen molar-refractivity contribution in [3.63, 3.8) is 0 Å². The molecule has 0 saturated carbocycles. The normalized spacial score (nSPS) is 10.2. The molecule has 0 aliphatic heterocycles. The van der Waals surface area contributed by atoms with E-state index in [2.05, 4.69) is 15.5 Å². The van der Waals surface area contributed by atoms with Crippen molar-refractivity contribution in [2.45, 2.75) is 13.8 Å². The average Bonchev–Trinajstić information content (AvgIpc) is 2.40. The maximum Gasteiger partial charge on any atom is 0.335 e. The van der Waals surface area contributed by atoms with Crippen molar-refractivity contribution in [2.75, 3.05) is 5.32 Å². The standard InChI is InChI=1S/C14H12ClN3O3/c1-7-3-12(8(2)18-17-7)13(19)16-11-5-9(14(20)21)4-10(15)6-11/h3-6H,1-2H3,(H,16,19)(H,20,21). The molecule has 0 aliphatic carbocycles. The van der Waals surface area contributed by atoms with Gasteiger partial charge >= 0.3 is 5.97 Å². The third-order valence-electron chi connectivity index (χ3n) is 2.75. The summed E-state index contributed by atoms with van der Waals surface area (Å²) in [5.74, 6) is -1.52. The molecule has 1 amide bonds. The van der Waals surface area contributed by atoms with Crippen molar-refractivity contribution >= 4 is 29.2 Å². The van der Waals surface area contributed by atoms with Gasteiger partial charge in [-0.25, -0.2) is 4.79 Å². The molecule has 6 nitrogen and oxygen atoms in total. The number of nitrogens with one attached hydrogen (secondary N) is 1. The van der Waals surface area contributed by atoms with Crippen LogP contribution in [0.1, 0.15) is 32.1 Å². The number of rotatable bonds is 3. The number of carboxylic acid groups (broad SMARTS) is 1. The number of nitrogens with zero attached hydrogens (tertiary/aromatic N) is 2. The van der Waals surface area contributed by atoms with Crippen LogP contribution in [0.3, 0.4) is 0 Å². The molecule has 108 valence electrons. The molecule has 2 rings (SSSR count). The van der Waals surface area contributed by atoms with Crippen molar-refractivity contribution in [3.8, 4) is 0 Å². The lowest BCUT2D eigenvalue weighted by Gasteiger charge is -2.08. The summed E-state index contributed by atoms with van der Waals surface area (Å²) in [7, 11) is 0. The first kappa shape index (κ1) is 14.9. The molecule has 0 atom stereocenters. The molecule has 0 aliphatic rings. The first-order valence-electron chi connectivity index (χ1n) is 6.03. The molecule has 1 heterocycles. The Morgan fingerprint density at radius 2 is 1.86 bits per heavy atom. The lowest BCUT2D eigenvalue weighted by molar-refractivity contribution is 0.0696. The third-order valence-corrected chi connectivity index (χ3v) is 2.97. The van der Waals surface area contributed by atoms with Crippen LogP contribution in [-0.2, 0) is 0 Å². The summed E-state index contributed by atoms with van der Waals surface area (Å²) in [5, 5.41) is 19.5. The molecule has 0 spiro atoms. The summed E-state index contributed by atoms with van der Waals surface area (Å²) in [4.78, 5) is 23.2. The molecule has 1 aromatic heterocycles. The Bertz CT molecular complexity index is 731. The second kappa shape index (κ2) is 5.88. The monoisotopic (exact) mass is 305 g/mol. The van der Waals surface area contributed by atoms with Crippen LogP contribution in [0, 0.1) is 13.8 Å². The lowest BCUT2D eigenvalue weighted by atomic mass is 10.1. The summed E-state index contributed by atoms with van der Waals surface area (Å²) >= 11 is 5.84. The number of amides is 1. The average molecular weight is 306 g/mol. The van der Waals surface area contributed by atoms with Crippen LogP contribution in [0.15, 0.2) is 24.3 Å². The van der Waals surface area contributed by atoms with E-state index in [1.54, 1.807) is 19.9 Å². The van der Waals surface area contributed by atoms with E-state index >= 15 is 0 Å². The molecule has 2 N–H and O–H groups in total. The van der Waals surface area contributed by atoms with Gasteiger partial charge in [-0.05, 0) is 38.1 Å². The minimum absolute atomic E-state index is 0.00134. The van der Waals surface area contributed by atoms with Gasteiger partial charge in [0, 0.05) is 10.7 Å². The van der Waals surface area contributed by atoms with Crippen molar-refractivity contribution in [1.82, 2.24) is 10.2 Å². The second-order valence-corrected chi connectivity index (χ2v) is 4.91. The van der Waals surface area contributed by atoms with Gasteiger partial charge < -0.3 is 10.4 Å². The van der Waals surface area contributed by atoms with Gasteiger partial charge in [-0.2, -0.15) is 10.2 Å². The number of anilines is 1. The van der Waals surface area contributed by atoms with E-state index in [-0.39, 0.29) is 10.6 Å². The number of aromatic carboxylic acids is 1. The van der Waals surface area contributed by atoms with Crippen molar-refractivity contribution in [2.24, 2.45) is 0 Å². The fraction of sp³-hybridized carbons (Fsp3) is 0.143. The largest absolute Gasteiger partial charge is 0.478 e. The topological polar surface area (TPSA) is 92.2 Å². The predicted molar refractivity (Wildman–Crippen MR) is 77.9 cm³/mol. The zero-order valence-electron chi connectivity index (χ0n) is 11.3. The van der Waals surface area contributed by atoms with Crippen LogP contribution < -0.4 is 5.32 Å². The zero-order chi connectivity index (χ0) is 15.6. The number of hydrogen-bond donors (Lipinski definition) is 2. The van der Waals surface area contributed by atoms with Gasteiger partial charge in [-0.3, -0.25) is 4.79 Å². The SMILES string of the molecule is Cc1cc(C(=O)Nc2cc(Cl)cc(C(=O)O)c2)c(C)nn1. The molecular weight excluding hydrogens is 294 g/mol. The molecule has 0 unspecified atom stereocenters. The highest BCUT2D eigenvalue weighted by Gasteiger charge is 2.13. The Balaban J connectivity index is 2.31. The zero-order valence-corrected chi connectivity index (χ0v) is 12.1. The van der Waals surface area contributed by atoms with Crippen LogP contribution in [0.2, 0.25) is 5.02 Å².